The Morgan fingerprint density at radius 1 is 1.19 bits per heavy atom. The van der Waals surface area contributed by atoms with Gasteiger partial charge in [0.1, 0.15) is 23.0 Å². The second-order valence-electron chi connectivity index (χ2n) is 8.85. The van der Waals surface area contributed by atoms with Crippen LogP contribution in [0.15, 0.2) is 59.8 Å². The highest BCUT2D eigenvalue weighted by Crippen LogP contribution is 2.42. The molecule has 0 spiro atoms. The van der Waals surface area contributed by atoms with Crippen molar-refractivity contribution in [1.29, 1.82) is 5.26 Å². The number of aryl methyl sites for hydroxylation is 1. The fraction of sp³-hybridized carbons (Fsp3) is 0.200. The number of nitrogens with two attached hydrogens (primary N) is 1. The zero-order valence-corrected chi connectivity index (χ0v) is 19.6. The first-order chi connectivity index (χ1) is 17.5. The van der Waals surface area contributed by atoms with E-state index in [9.17, 15) is 10.1 Å². The summed E-state index contributed by atoms with van der Waals surface area (Å²) in [4.78, 5) is 32.0. The number of hydrogen-bond donors (Lipinski definition) is 2. The van der Waals surface area contributed by atoms with Crippen molar-refractivity contribution in [3.8, 4) is 23.1 Å². The van der Waals surface area contributed by atoms with Crippen LogP contribution in [0.2, 0.25) is 0 Å². The highest BCUT2D eigenvalue weighted by molar-refractivity contribution is 5.76. The lowest BCUT2D eigenvalue weighted by molar-refractivity contribution is 0.300. The smallest absolute Gasteiger partial charge is 0.283 e. The molecular weight excluding hydrogens is 456 g/mol. The summed E-state index contributed by atoms with van der Waals surface area (Å²) < 4.78 is 3.24. The minimum atomic E-state index is -0.322. The topological polar surface area (TPSA) is 147 Å². The molecule has 3 N–H and O–H groups in total. The molecule has 0 aliphatic carbocycles. The number of rotatable bonds is 4. The predicted octanol–water partition coefficient (Wildman–Crippen LogP) is 2.62. The van der Waals surface area contributed by atoms with Gasteiger partial charge < -0.3 is 15.6 Å². The number of anilines is 2. The minimum Gasteiger partial charge on any atom is -0.368 e. The van der Waals surface area contributed by atoms with Gasteiger partial charge in [-0.2, -0.15) is 15.3 Å². The number of H-pyrrole nitrogens is 1. The van der Waals surface area contributed by atoms with Crippen molar-refractivity contribution >= 4 is 17.3 Å². The number of nitrogens with one attached hydrogen (secondary N) is 1. The number of fused-ring (bicyclic) bond motifs is 1. The Morgan fingerprint density at radius 2 is 2.00 bits per heavy atom. The molecule has 1 fully saturated rings. The molecule has 1 saturated heterocycles. The fourth-order valence-electron chi connectivity index (χ4n) is 4.93. The Morgan fingerprint density at radius 3 is 2.69 bits per heavy atom. The van der Waals surface area contributed by atoms with Crippen molar-refractivity contribution in [1.82, 2.24) is 34.1 Å². The number of nitrogens with zero attached hydrogens (tertiary/aromatic N) is 8. The summed E-state index contributed by atoms with van der Waals surface area (Å²) in [7, 11) is 0. The fourth-order valence-corrected chi connectivity index (χ4v) is 4.93. The molecule has 4 aromatic heterocycles. The predicted molar refractivity (Wildman–Crippen MR) is 134 cm³/mol. The number of hydrogen-bond acceptors (Lipinski definition) is 8. The first-order valence-electron chi connectivity index (χ1n) is 11.5. The maximum absolute atomic E-state index is 14.1. The largest absolute Gasteiger partial charge is 0.368 e. The average Bonchev–Trinajstić information content (AvgIpc) is 3.53. The SMILES string of the molecule is Cc1nc(N)nc(N2C[C@H](C)C2c2nn3ccc(-c4ncc[nH]4)c3c(=O)n2-c2ccccc2)c1C#N. The summed E-state index contributed by atoms with van der Waals surface area (Å²) in [6.45, 7) is 4.44. The second kappa shape index (κ2) is 8.06. The molecule has 11 heteroatoms. The van der Waals surface area contributed by atoms with Crippen molar-refractivity contribution in [2.45, 2.75) is 19.9 Å². The lowest BCUT2D eigenvalue weighted by atomic mass is 9.88. The van der Waals surface area contributed by atoms with Crippen LogP contribution in [0.4, 0.5) is 11.8 Å². The van der Waals surface area contributed by atoms with Crippen LogP contribution < -0.4 is 16.2 Å². The van der Waals surface area contributed by atoms with E-state index in [4.69, 9.17) is 10.8 Å². The average molecular weight is 479 g/mol. The maximum Gasteiger partial charge on any atom is 0.283 e. The van der Waals surface area contributed by atoms with Gasteiger partial charge in [0.05, 0.1) is 23.0 Å². The van der Waals surface area contributed by atoms with Gasteiger partial charge in [0.25, 0.3) is 5.56 Å². The van der Waals surface area contributed by atoms with Gasteiger partial charge in [0.2, 0.25) is 5.95 Å². The van der Waals surface area contributed by atoms with Crippen molar-refractivity contribution in [2.75, 3.05) is 17.2 Å². The quantitative estimate of drug-likeness (QED) is 0.401. The summed E-state index contributed by atoms with van der Waals surface area (Å²) in [5, 5.41) is 14.7. The summed E-state index contributed by atoms with van der Waals surface area (Å²) in [6.07, 6.45) is 5.12. The van der Waals surface area contributed by atoms with Crippen LogP contribution in [-0.4, -0.2) is 40.7 Å². The molecule has 5 aromatic rings. The molecule has 11 nitrogen and oxygen atoms in total. The van der Waals surface area contributed by atoms with Crippen molar-refractivity contribution in [2.24, 2.45) is 5.92 Å². The molecule has 5 heterocycles. The lowest BCUT2D eigenvalue weighted by Gasteiger charge is -2.47. The summed E-state index contributed by atoms with van der Waals surface area (Å²) in [6, 6.07) is 13.1. The highest BCUT2D eigenvalue weighted by atomic mass is 16.1. The molecule has 0 amide bonds. The van der Waals surface area contributed by atoms with Crippen LogP contribution >= 0.6 is 0 Å². The Bertz CT molecular complexity index is 1700. The third kappa shape index (κ3) is 3.15. The van der Waals surface area contributed by atoms with E-state index in [0.29, 0.717) is 52.0 Å². The molecule has 0 radical (unpaired) electrons. The Labute approximate surface area is 205 Å². The van der Waals surface area contributed by atoms with E-state index in [2.05, 4.69) is 32.9 Å². The molecule has 0 saturated carbocycles. The van der Waals surface area contributed by atoms with E-state index >= 15 is 0 Å². The number of nitrogen functional groups attached to an aromatic ring is 1. The summed E-state index contributed by atoms with van der Waals surface area (Å²) >= 11 is 0. The van der Waals surface area contributed by atoms with E-state index in [1.807, 2.05) is 41.3 Å². The van der Waals surface area contributed by atoms with Crippen LogP contribution in [0.1, 0.15) is 30.0 Å². The van der Waals surface area contributed by atoms with Gasteiger partial charge in [-0.15, -0.1) is 0 Å². The Kier molecular flexibility index (Phi) is 4.82. The van der Waals surface area contributed by atoms with Gasteiger partial charge in [-0.05, 0) is 25.1 Å². The normalized spacial score (nSPS) is 17.2. The van der Waals surface area contributed by atoms with Crippen LogP contribution in [0.3, 0.4) is 0 Å². The van der Waals surface area contributed by atoms with E-state index < -0.39 is 0 Å². The highest BCUT2D eigenvalue weighted by Gasteiger charge is 2.43. The zero-order valence-electron chi connectivity index (χ0n) is 19.6. The molecule has 1 aliphatic heterocycles. The molecular formula is C25H22N10O. The number of aromatic nitrogens is 7. The molecule has 178 valence electrons. The number of aromatic amines is 1. The molecule has 6 rings (SSSR count). The number of benzene rings is 1. The van der Waals surface area contributed by atoms with Gasteiger partial charge >= 0.3 is 0 Å². The van der Waals surface area contributed by atoms with Crippen LogP contribution in [0, 0.1) is 24.2 Å². The Hall–Kier alpha value is -4.98. The van der Waals surface area contributed by atoms with Crippen LogP contribution in [0.5, 0.6) is 0 Å². The molecule has 36 heavy (non-hydrogen) atoms. The van der Waals surface area contributed by atoms with Gasteiger partial charge in [-0.25, -0.2) is 14.5 Å². The third-order valence-corrected chi connectivity index (χ3v) is 6.58. The Balaban J connectivity index is 1.60. The molecule has 1 aliphatic rings. The van der Waals surface area contributed by atoms with E-state index in [-0.39, 0.29) is 23.5 Å². The van der Waals surface area contributed by atoms with Crippen molar-refractivity contribution in [3.05, 3.63) is 82.4 Å². The van der Waals surface area contributed by atoms with Gasteiger partial charge in [0.15, 0.2) is 11.6 Å². The monoisotopic (exact) mass is 478 g/mol. The molecule has 2 atom stereocenters. The molecule has 0 bridgehead atoms. The first kappa shape index (κ1) is 21.5. The minimum absolute atomic E-state index is 0.0946. The standard InChI is InChI=1S/C25H22N10O/c1-14-13-33(22-18(12-26)15(2)30-25(27)31-22)19(14)23-32-34-11-8-17(21-28-9-10-29-21)20(34)24(36)35(23)16-6-4-3-5-7-16/h3-11,14,19H,13H2,1-2H3,(H,28,29)(H2,27,30,31)/t14-,19?/m0/s1. The van der Waals surface area contributed by atoms with Crippen molar-refractivity contribution < 1.29 is 0 Å². The number of nitriles is 1. The first-order valence-corrected chi connectivity index (χ1v) is 11.5. The van der Waals surface area contributed by atoms with Crippen LogP contribution in [0.25, 0.3) is 22.6 Å². The van der Waals surface area contributed by atoms with E-state index in [0.717, 1.165) is 0 Å². The molecule has 1 aromatic carbocycles. The van der Waals surface area contributed by atoms with E-state index in [1.165, 1.54) is 0 Å². The molecule has 1 unspecified atom stereocenters. The third-order valence-electron chi connectivity index (χ3n) is 6.58. The second-order valence-corrected chi connectivity index (χ2v) is 8.85. The maximum atomic E-state index is 14.1. The summed E-state index contributed by atoms with van der Waals surface area (Å²) in [5.41, 5.74) is 8.36. The van der Waals surface area contributed by atoms with E-state index in [1.54, 1.807) is 34.6 Å². The van der Waals surface area contributed by atoms with Gasteiger partial charge in [-0.1, -0.05) is 25.1 Å². The van der Waals surface area contributed by atoms with Gasteiger partial charge in [-0.3, -0.25) is 9.36 Å². The zero-order chi connectivity index (χ0) is 25.0. The van der Waals surface area contributed by atoms with Gasteiger partial charge in [0, 0.05) is 31.1 Å². The summed E-state index contributed by atoms with van der Waals surface area (Å²) in [5.74, 6) is 1.80. The number of para-hydroxylation sites is 1. The number of imidazole rings is 1. The lowest BCUT2D eigenvalue weighted by Crippen LogP contribution is -2.52. The van der Waals surface area contributed by atoms with Crippen LogP contribution in [-0.2, 0) is 0 Å². The van der Waals surface area contributed by atoms with Crippen molar-refractivity contribution in [3.63, 3.8) is 0 Å².